The highest BCUT2D eigenvalue weighted by Crippen LogP contribution is 2.43. The van der Waals surface area contributed by atoms with Gasteiger partial charge in [-0.15, -0.1) is 0 Å². The number of carbonyl (C=O) groups excluding carboxylic acids is 1. The smallest absolute Gasteiger partial charge is 0.328 e. The lowest BCUT2D eigenvalue weighted by atomic mass is 9.75. The molecule has 34 heavy (non-hydrogen) atoms. The molecular weight excluding hydrogens is 440 g/mol. The number of aromatic amines is 1. The van der Waals surface area contributed by atoms with E-state index in [2.05, 4.69) is 4.98 Å². The van der Waals surface area contributed by atoms with Gasteiger partial charge in [-0.2, -0.15) is 0 Å². The first kappa shape index (κ1) is 24.2. The van der Waals surface area contributed by atoms with Gasteiger partial charge in [0.25, 0.3) is 11.5 Å². The Balaban J connectivity index is 1.40. The largest absolute Gasteiger partial charge is 0.494 e. The van der Waals surface area contributed by atoms with Crippen molar-refractivity contribution in [3.8, 4) is 5.75 Å². The molecule has 4 N–H and O–H groups in total. The summed E-state index contributed by atoms with van der Waals surface area (Å²) in [7, 11) is 0. The zero-order valence-corrected chi connectivity index (χ0v) is 19.4. The molecule has 0 bridgehead atoms. The van der Waals surface area contributed by atoms with E-state index < -0.39 is 28.5 Å². The van der Waals surface area contributed by atoms with Crippen molar-refractivity contribution < 1.29 is 19.4 Å². The molecular formula is C24H32N4O6. The number of H-pyrrole nitrogens is 1. The Bertz CT molecular complexity index is 1130. The first-order valence-electron chi connectivity index (χ1n) is 11.6. The maximum atomic E-state index is 13.1. The number of hydrogen-bond acceptors (Lipinski definition) is 7. The number of amides is 1. The topological polar surface area (TPSA) is 140 Å². The highest BCUT2D eigenvalue weighted by molar-refractivity contribution is 5.94. The summed E-state index contributed by atoms with van der Waals surface area (Å²) in [6.45, 7) is 3.87. The average molecular weight is 473 g/mol. The van der Waals surface area contributed by atoms with Gasteiger partial charge in [-0.25, -0.2) is 4.79 Å². The summed E-state index contributed by atoms with van der Waals surface area (Å²) in [4.78, 5) is 40.7. The van der Waals surface area contributed by atoms with E-state index in [1.807, 2.05) is 6.07 Å². The third kappa shape index (κ3) is 5.08. The second kappa shape index (κ2) is 9.73. The van der Waals surface area contributed by atoms with Crippen molar-refractivity contribution in [2.24, 2.45) is 5.73 Å². The summed E-state index contributed by atoms with van der Waals surface area (Å²) in [5.41, 5.74) is 3.21. The van der Waals surface area contributed by atoms with Gasteiger partial charge in [-0.1, -0.05) is 6.07 Å². The number of aromatic nitrogens is 2. The van der Waals surface area contributed by atoms with Crippen molar-refractivity contribution in [1.82, 2.24) is 14.5 Å². The van der Waals surface area contributed by atoms with E-state index in [1.165, 1.54) is 16.8 Å². The molecule has 1 aromatic heterocycles. The maximum Gasteiger partial charge on any atom is 0.328 e. The highest BCUT2D eigenvalue weighted by Gasteiger charge is 2.50. The van der Waals surface area contributed by atoms with Crippen LogP contribution >= 0.6 is 0 Å². The molecule has 2 aromatic rings. The number of piperidine rings is 1. The Morgan fingerprint density at radius 1 is 1.29 bits per heavy atom. The molecule has 2 atom stereocenters. The summed E-state index contributed by atoms with van der Waals surface area (Å²) in [6.07, 6.45) is 3.61. The molecule has 184 valence electrons. The highest BCUT2D eigenvalue weighted by atomic mass is 16.5. The van der Waals surface area contributed by atoms with Crippen molar-refractivity contribution in [1.29, 1.82) is 0 Å². The van der Waals surface area contributed by atoms with E-state index in [9.17, 15) is 19.5 Å². The first-order valence-corrected chi connectivity index (χ1v) is 11.6. The lowest BCUT2D eigenvalue weighted by Gasteiger charge is -2.51. The molecule has 10 heteroatoms. The number of ether oxygens (including phenoxy) is 2. The van der Waals surface area contributed by atoms with Gasteiger partial charge in [0.05, 0.1) is 30.5 Å². The van der Waals surface area contributed by atoms with Gasteiger partial charge in [-0.3, -0.25) is 19.1 Å². The quantitative estimate of drug-likeness (QED) is 0.525. The fourth-order valence-electron chi connectivity index (χ4n) is 4.92. The van der Waals surface area contributed by atoms with Gasteiger partial charge in [0.2, 0.25) is 0 Å². The van der Waals surface area contributed by atoms with E-state index in [0.29, 0.717) is 56.8 Å². The normalized spacial score (nSPS) is 24.2. The fourth-order valence-corrected chi connectivity index (χ4v) is 4.92. The van der Waals surface area contributed by atoms with Gasteiger partial charge >= 0.3 is 5.69 Å². The predicted octanol–water partition coefficient (Wildman–Crippen LogP) is 0.652. The zero-order valence-electron chi connectivity index (χ0n) is 19.4. The molecule has 2 aliphatic rings. The van der Waals surface area contributed by atoms with Crippen molar-refractivity contribution >= 4 is 5.91 Å². The van der Waals surface area contributed by atoms with E-state index in [1.54, 1.807) is 30.0 Å². The molecule has 2 aliphatic heterocycles. The molecule has 4 rings (SSSR count). The molecule has 1 amide bonds. The number of nitrogens with one attached hydrogen (secondary N) is 1. The average Bonchev–Trinajstić information content (AvgIpc) is 2.80. The SMILES string of the molecule is C[C@]1(O)CC2(CCN(C(=O)c3cccc(OCCCN)c3)CC2)OC[C@@H]1n1ccc(=O)[nH]c1=O. The lowest BCUT2D eigenvalue weighted by molar-refractivity contribution is -0.195. The van der Waals surface area contributed by atoms with Crippen LogP contribution in [0.3, 0.4) is 0 Å². The minimum atomic E-state index is -1.22. The number of likely N-dealkylation sites (tertiary alicyclic amines) is 1. The van der Waals surface area contributed by atoms with Crippen molar-refractivity contribution in [2.45, 2.75) is 49.9 Å². The number of nitrogens with two attached hydrogens (primary N) is 1. The van der Waals surface area contributed by atoms with Crippen LogP contribution in [0.15, 0.2) is 46.1 Å². The van der Waals surface area contributed by atoms with Crippen LogP contribution in [0.4, 0.5) is 0 Å². The van der Waals surface area contributed by atoms with Gasteiger partial charge in [0.15, 0.2) is 0 Å². The monoisotopic (exact) mass is 472 g/mol. The van der Waals surface area contributed by atoms with Crippen LogP contribution in [-0.2, 0) is 4.74 Å². The van der Waals surface area contributed by atoms with Gasteiger partial charge in [-0.05, 0) is 50.9 Å². The molecule has 2 fully saturated rings. The fraction of sp³-hybridized carbons (Fsp3) is 0.542. The number of nitrogens with zero attached hydrogens (tertiary/aromatic N) is 2. The Labute approximate surface area is 197 Å². The van der Waals surface area contributed by atoms with Crippen LogP contribution in [0.25, 0.3) is 0 Å². The van der Waals surface area contributed by atoms with Gasteiger partial charge in [0.1, 0.15) is 5.75 Å². The molecule has 0 radical (unpaired) electrons. The lowest BCUT2D eigenvalue weighted by Crippen LogP contribution is -2.59. The number of carbonyl (C=O) groups is 1. The van der Waals surface area contributed by atoms with Crippen LogP contribution < -0.4 is 21.7 Å². The summed E-state index contributed by atoms with van der Waals surface area (Å²) in [6, 6.07) is 7.78. The van der Waals surface area contributed by atoms with Crippen LogP contribution in [0, 0.1) is 0 Å². The molecule has 1 aromatic carbocycles. The Morgan fingerprint density at radius 2 is 2.06 bits per heavy atom. The van der Waals surface area contributed by atoms with Crippen LogP contribution in [0.1, 0.15) is 49.0 Å². The third-order valence-corrected chi connectivity index (χ3v) is 6.79. The summed E-state index contributed by atoms with van der Waals surface area (Å²) in [5, 5.41) is 11.2. The maximum absolute atomic E-state index is 13.1. The van der Waals surface area contributed by atoms with Crippen molar-refractivity contribution in [3.05, 3.63) is 62.9 Å². The summed E-state index contributed by atoms with van der Waals surface area (Å²) >= 11 is 0. The number of aliphatic hydroxyl groups is 1. The van der Waals surface area contributed by atoms with Gasteiger partial charge in [0, 0.05) is 37.3 Å². The Kier molecular flexibility index (Phi) is 6.92. The first-order chi connectivity index (χ1) is 16.2. The third-order valence-electron chi connectivity index (χ3n) is 6.79. The van der Waals surface area contributed by atoms with Crippen LogP contribution in [0.2, 0.25) is 0 Å². The zero-order chi connectivity index (χ0) is 24.3. The number of rotatable bonds is 6. The standard InChI is InChI=1S/C24H32N4O6/c1-23(32)16-24(34-15-19(23)28-10-6-20(29)26-22(28)31)7-11-27(12-8-24)21(30)17-4-2-5-18(14-17)33-13-3-9-25/h2,4-6,10,14,19,32H,3,7-9,11-13,15-16,25H2,1H3,(H,26,29,31)/t19-,23-/m0/s1. The minimum absolute atomic E-state index is 0.0700. The molecule has 3 heterocycles. The van der Waals surface area contributed by atoms with E-state index >= 15 is 0 Å². The van der Waals surface area contributed by atoms with Crippen LogP contribution in [-0.4, -0.2) is 69.5 Å². The molecule has 2 saturated heterocycles. The van der Waals surface area contributed by atoms with Crippen molar-refractivity contribution in [2.75, 3.05) is 32.8 Å². The molecule has 0 aliphatic carbocycles. The molecule has 10 nitrogen and oxygen atoms in total. The molecule has 0 saturated carbocycles. The molecule has 1 spiro atoms. The van der Waals surface area contributed by atoms with Crippen LogP contribution in [0.5, 0.6) is 5.75 Å². The second-order valence-corrected chi connectivity index (χ2v) is 9.37. The predicted molar refractivity (Wildman–Crippen MR) is 125 cm³/mol. The summed E-state index contributed by atoms with van der Waals surface area (Å²) < 4.78 is 13.2. The molecule has 0 unspecified atom stereocenters. The van der Waals surface area contributed by atoms with Gasteiger partial charge < -0.3 is 25.2 Å². The van der Waals surface area contributed by atoms with E-state index in [0.717, 1.165) is 6.42 Å². The summed E-state index contributed by atoms with van der Waals surface area (Å²) in [5.74, 6) is 0.572. The number of hydrogen-bond donors (Lipinski definition) is 3. The van der Waals surface area contributed by atoms with Crippen molar-refractivity contribution in [3.63, 3.8) is 0 Å². The minimum Gasteiger partial charge on any atom is -0.494 e. The van der Waals surface area contributed by atoms with E-state index in [-0.39, 0.29) is 12.5 Å². The second-order valence-electron chi connectivity index (χ2n) is 9.37. The number of benzene rings is 1. The Morgan fingerprint density at radius 3 is 2.74 bits per heavy atom. The Hall–Kier alpha value is -2.95. The van der Waals surface area contributed by atoms with E-state index in [4.69, 9.17) is 15.2 Å².